The van der Waals surface area contributed by atoms with Crippen LogP contribution in [0.4, 0.5) is 0 Å². The molecule has 0 amide bonds. The van der Waals surface area contributed by atoms with E-state index in [4.69, 9.17) is 0 Å². The molecule has 1 aliphatic rings. The van der Waals surface area contributed by atoms with Crippen LogP contribution in [0.25, 0.3) is 194 Å². The third-order valence-electron chi connectivity index (χ3n) is 19.4. The number of hydrogen-bond acceptors (Lipinski definition) is 2. The highest BCUT2D eigenvalue weighted by Gasteiger charge is 2.31. The van der Waals surface area contributed by atoms with E-state index in [1.54, 1.807) is 0 Å². The van der Waals surface area contributed by atoms with Crippen molar-refractivity contribution in [3.63, 3.8) is 0 Å². The zero-order valence-electron chi connectivity index (χ0n) is 47.2. The molecule has 0 N–H and O–H groups in total. The maximum absolute atomic E-state index is 2.65. The Morgan fingerprint density at radius 1 is 0.216 bits per heavy atom. The summed E-state index contributed by atoms with van der Waals surface area (Å²) in [6.07, 6.45) is 0. The van der Waals surface area contributed by atoms with Gasteiger partial charge in [0.25, 0.3) is 0 Å². The van der Waals surface area contributed by atoms with Gasteiger partial charge in [-0.05, 0) is 124 Å². The normalized spacial score (nSPS) is 12.5. The molecule has 0 radical (unpaired) electrons. The summed E-state index contributed by atoms with van der Waals surface area (Å²) in [7, 11) is 0. The first kappa shape index (κ1) is 47.3. The second kappa shape index (κ2) is 17.3. The van der Waals surface area contributed by atoms with E-state index in [9.17, 15) is 0 Å². The summed E-state index contributed by atoms with van der Waals surface area (Å²) < 4.78 is 15.5. The topological polar surface area (TPSA) is 19.7 Å². The molecule has 0 atom stereocenters. The van der Waals surface area contributed by atoms with Gasteiger partial charge in [0.1, 0.15) is 0 Å². The van der Waals surface area contributed by atoms with Crippen molar-refractivity contribution in [2.45, 2.75) is 0 Å². The highest BCUT2D eigenvalue weighted by molar-refractivity contribution is 7.27. The van der Waals surface area contributed by atoms with Gasteiger partial charge in [-0.3, -0.25) is 0 Å². The summed E-state index contributed by atoms with van der Waals surface area (Å²) in [6.45, 7) is 0. The van der Waals surface area contributed by atoms with E-state index >= 15 is 0 Å². The van der Waals surface area contributed by atoms with Crippen LogP contribution >= 0.6 is 22.7 Å². The maximum Gasteiger partial charge on any atom is 0.0803 e. The lowest BCUT2D eigenvalue weighted by molar-refractivity contribution is 1.15. The van der Waals surface area contributed by atoms with E-state index in [1.165, 1.54) is 172 Å². The summed E-state index contributed by atoms with van der Waals surface area (Å²) in [4.78, 5) is 0. The quantitative estimate of drug-likeness (QED) is 0.164. The Labute approximate surface area is 511 Å². The third kappa shape index (κ3) is 6.03. The van der Waals surface area contributed by atoms with Crippen LogP contribution in [0.2, 0.25) is 0 Å². The summed E-state index contributed by atoms with van der Waals surface area (Å²) in [5, 5.41) is 17.9. The van der Waals surface area contributed by atoms with E-state index in [0.29, 0.717) is 0 Å². The summed E-state index contributed by atoms with van der Waals surface area (Å²) in [5.41, 5.74) is 21.7. The zero-order chi connectivity index (χ0) is 57.0. The molecular weight excluding hydrogens is 1110 g/mol. The van der Waals surface area contributed by atoms with Crippen LogP contribution < -0.4 is 0 Å². The Morgan fingerprint density at radius 3 is 1.23 bits per heavy atom. The van der Waals surface area contributed by atoms with E-state index in [0.717, 1.165) is 22.6 Å². The van der Waals surface area contributed by atoms with Gasteiger partial charge in [-0.2, -0.15) is 0 Å². The number of rotatable bonds is 5. The van der Waals surface area contributed by atoms with Gasteiger partial charge in [0.05, 0.1) is 49.8 Å². The minimum Gasteiger partial charge on any atom is -0.307 e. The fourth-order valence-electron chi connectivity index (χ4n) is 16.0. The van der Waals surface area contributed by atoms with Crippen LogP contribution in [0, 0.1) is 0 Å². The Morgan fingerprint density at radius 2 is 0.625 bits per heavy atom. The van der Waals surface area contributed by atoms with Gasteiger partial charge in [-0.15, -0.1) is 22.7 Å². The smallest absolute Gasteiger partial charge is 0.0803 e. The molecule has 0 saturated heterocycles. The van der Waals surface area contributed by atoms with Crippen molar-refractivity contribution in [3.8, 4) is 56.1 Å². The molecule has 6 heterocycles. The minimum atomic E-state index is 1.13. The van der Waals surface area contributed by atoms with Crippen LogP contribution in [-0.2, 0) is 0 Å². The minimum absolute atomic E-state index is 1.13. The van der Waals surface area contributed by atoms with Gasteiger partial charge < -0.3 is 18.3 Å². The molecule has 88 heavy (non-hydrogen) atoms. The van der Waals surface area contributed by atoms with Gasteiger partial charge in [-0.1, -0.05) is 194 Å². The highest BCUT2D eigenvalue weighted by atomic mass is 32.1. The molecule has 21 rings (SSSR count). The van der Waals surface area contributed by atoms with Crippen molar-refractivity contribution in [1.82, 2.24) is 18.3 Å². The number of fused-ring (bicyclic) bond motifs is 27. The molecule has 20 aromatic rings. The SMILES string of the molecule is c1ccc(-n2c3ccccc3c3c4sc5ccccc5c4c4c5ccc(-c6ccc7c(c6)c6c8sc9ccccc9c8c8c9ccccc9n(-c9ccccc9)c8c6n7-c6ccc7c8c(cccc68)-c6ccccc6-7)cc5n(-c5ccccc5)c4c32)cc1. The summed E-state index contributed by atoms with van der Waals surface area (Å²) in [5.74, 6) is 0. The standard InChI is InChI=1S/C82H46N4S2/c1-4-21-49(22-5-1)83-63-35-16-12-29-57(63)71-73-60-31-14-19-38-69(60)88-82(73)76-62-45-47(40-43-66(62)86(80(76)78(71)83)65-44-42-55-53-28-11-10-27-52(53)54-33-20-34-56(65)70(54)55)48-39-41-59-67(46-48)85(51-25-8-3-9-26-51)77-72(59)74-61-32-15-18-37-68(61)87-81(74)75-58-30-13-17-36-64(58)84(79(75)77)50-23-6-2-7-24-50/h1-46H. The lowest BCUT2D eigenvalue weighted by atomic mass is 9.98. The monoisotopic (exact) mass is 1150 g/mol. The molecule has 0 aliphatic heterocycles. The Bertz CT molecular complexity index is 6440. The second-order valence-electron chi connectivity index (χ2n) is 23.8. The van der Waals surface area contributed by atoms with Crippen molar-refractivity contribution in [3.05, 3.63) is 279 Å². The largest absolute Gasteiger partial charge is 0.307 e. The molecule has 0 unspecified atom stereocenters. The first-order valence-electron chi connectivity index (χ1n) is 30.2. The summed E-state index contributed by atoms with van der Waals surface area (Å²) in [6, 6.07) is 105. The van der Waals surface area contributed by atoms with Crippen molar-refractivity contribution in [2.24, 2.45) is 0 Å². The van der Waals surface area contributed by atoms with Gasteiger partial charge in [0, 0.05) is 106 Å². The third-order valence-corrected chi connectivity index (χ3v) is 21.8. The first-order valence-corrected chi connectivity index (χ1v) is 31.9. The predicted molar refractivity (Wildman–Crippen MR) is 377 cm³/mol. The van der Waals surface area contributed by atoms with Crippen LogP contribution in [0.15, 0.2) is 279 Å². The van der Waals surface area contributed by atoms with Gasteiger partial charge in [0.2, 0.25) is 0 Å². The van der Waals surface area contributed by atoms with Crippen molar-refractivity contribution >= 4 is 161 Å². The Hall–Kier alpha value is -11.0. The molecule has 14 aromatic carbocycles. The van der Waals surface area contributed by atoms with Gasteiger partial charge in [0.15, 0.2) is 0 Å². The Balaban J connectivity index is 0.930. The van der Waals surface area contributed by atoms with Crippen LogP contribution in [0.1, 0.15) is 0 Å². The number of benzene rings is 14. The molecule has 406 valence electrons. The fraction of sp³-hybridized carbons (Fsp3) is 0. The van der Waals surface area contributed by atoms with Gasteiger partial charge in [-0.25, -0.2) is 0 Å². The fourth-order valence-corrected chi connectivity index (χ4v) is 18.5. The average Bonchev–Trinajstić information content (AvgIpc) is 1.53. The van der Waals surface area contributed by atoms with Gasteiger partial charge >= 0.3 is 0 Å². The number of para-hydroxylation sites is 5. The van der Waals surface area contributed by atoms with Crippen LogP contribution in [0.5, 0.6) is 0 Å². The van der Waals surface area contributed by atoms with E-state index in [1.807, 2.05) is 22.7 Å². The van der Waals surface area contributed by atoms with Crippen molar-refractivity contribution in [2.75, 3.05) is 0 Å². The van der Waals surface area contributed by atoms with E-state index in [-0.39, 0.29) is 0 Å². The number of aromatic nitrogens is 4. The molecule has 0 bridgehead atoms. The van der Waals surface area contributed by atoms with E-state index < -0.39 is 0 Å². The number of hydrogen-bond donors (Lipinski definition) is 0. The Kier molecular flexibility index (Phi) is 9.31. The zero-order valence-corrected chi connectivity index (χ0v) is 48.8. The lowest BCUT2D eigenvalue weighted by Crippen LogP contribution is -1.99. The predicted octanol–water partition coefficient (Wildman–Crippen LogP) is 23.3. The lowest BCUT2D eigenvalue weighted by Gasteiger charge is -2.16. The molecule has 6 aromatic heterocycles. The average molecular weight is 1150 g/mol. The maximum atomic E-state index is 2.65. The molecule has 4 nitrogen and oxygen atoms in total. The van der Waals surface area contributed by atoms with Crippen LogP contribution in [-0.4, -0.2) is 18.3 Å². The van der Waals surface area contributed by atoms with Crippen molar-refractivity contribution < 1.29 is 0 Å². The van der Waals surface area contributed by atoms with E-state index in [2.05, 4.69) is 297 Å². The molecule has 0 saturated carbocycles. The summed E-state index contributed by atoms with van der Waals surface area (Å²) >= 11 is 3.86. The molecule has 1 aliphatic carbocycles. The molecule has 6 heteroatoms. The van der Waals surface area contributed by atoms with Crippen LogP contribution in [0.3, 0.4) is 0 Å². The first-order chi connectivity index (χ1) is 43.7. The molecule has 0 fully saturated rings. The molecule has 0 spiro atoms. The second-order valence-corrected chi connectivity index (χ2v) is 25.9. The molecular formula is C82H46N4S2. The van der Waals surface area contributed by atoms with Crippen molar-refractivity contribution in [1.29, 1.82) is 0 Å². The highest BCUT2D eigenvalue weighted by Crippen LogP contribution is 2.56. The number of thiophene rings is 2. The number of nitrogens with zero attached hydrogens (tertiary/aromatic N) is 4.